The van der Waals surface area contributed by atoms with Crippen molar-refractivity contribution >= 4 is 61.5 Å². The van der Waals surface area contributed by atoms with E-state index in [1.165, 1.54) is 0 Å². The third-order valence-electron chi connectivity index (χ3n) is 15.1. The maximum atomic E-state index is 2.71. The Bertz CT molecular complexity index is 2310. The first-order valence-corrected chi connectivity index (χ1v) is 36.9. The van der Waals surface area contributed by atoms with Gasteiger partial charge in [-0.25, -0.2) is 0 Å². The molecule has 0 spiro atoms. The molecule has 1 saturated heterocycles. The van der Waals surface area contributed by atoms with Crippen LogP contribution in [0.25, 0.3) is 0 Å². The summed E-state index contributed by atoms with van der Waals surface area (Å²) in [5, 5.41) is 17.4. The van der Waals surface area contributed by atoms with Gasteiger partial charge in [-0.05, 0) is 32.1 Å². The zero-order chi connectivity index (χ0) is 40.1. The van der Waals surface area contributed by atoms with Gasteiger partial charge in [-0.1, -0.05) is 295 Å². The van der Waals surface area contributed by atoms with Gasteiger partial charge in [0.1, 0.15) is 35.5 Å². The van der Waals surface area contributed by atoms with Crippen LogP contribution in [0.5, 0.6) is 0 Å². The number of hydrogen-bond donors (Lipinski definition) is 0. The molecule has 6 aliphatic rings. The molecule has 5 aliphatic carbocycles. The molecule has 1 heterocycles. The molecular weight excluding hydrogens is 801 g/mol. The molecule has 11 rings (SSSR count). The molecule has 0 unspecified atom stereocenters. The average Bonchev–Trinajstić information content (AvgIpc) is 4.17. The van der Waals surface area contributed by atoms with Gasteiger partial charge in [-0.3, -0.25) is 0 Å². The average molecular weight is 851 g/mol. The van der Waals surface area contributed by atoms with Crippen LogP contribution in [-0.2, 0) is 0 Å². The molecule has 0 radical (unpaired) electrons. The molecule has 1 aliphatic heterocycles. The fraction of sp³-hybridized carbons (Fsp3) is 0.0909. The lowest BCUT2D eigenvalue weighted by atomic mass is 10.4. The summed E-state index contributed by atoms with van der Waals surface area (Å²) >= 11 is 0. The largest absolute Gasteiger partial charge is 0.116 e. The van der Waals surface area contributed by atoms with Crippen molar-refractivity contribution in [1.29, 1.82) is 0 Å². The van der Waals surface area contributed by atoms with E-state index in [2.05, 4.69) is 243 Å². The lowest BCUT2D eigenvalue weighted by molar-refractivity contribution is 1.36. The molecule has 0 saturated carbocycles. The van der Waals surface area contributed by atoms with E-state index >= 15 is 0 Å². The lowest BCUT2D eigenvalue weighted by Gasteiger charge is -2.57. The number of benzene rings is 5. The van der Waals surface area contributed by atoms with Crippen LogP contribution in [0, 0.1) is 0 Å². The van der Waals surface area contributed by atoms with Crippen molar-refractivity contribution < 1.29 is 0 Å². The van der Waals surface area contributed by atoms with Crippen molar-refractivity contribution in [1.82, 2.24) is 0 Å². The summed E-state index contributed by atoms with van der Waals surface area (Å²) in [6.45, 7) is 0. The highest BCUT2D eigenvalue weighted by molar-refractivity contribution is 8.24. The predicted octanol–water partition coefficient (Wildman–Crippen LogP) is 9.30. The Hall–Kier alpha value is -5.42. The summed E-state index contributed by atoms with van der Waals surface area (Å²) in [6.07, 6.45) is 43.7. The monoisotopic (exact) mass is 850 g/mol. The van der Waals surface area contributed by atoms with Crippen molar-refractivity contribution in [3.63, 3.8) is 0 Å². The van der Waals surface area contributed by atoms with Crippen LogP contribution in [0.15, 0.2) is 269 Å². The van der Waals surface area contributed by atoms with E-state index < -0.39 is 35.5 Å². The Morgan fingerprint density at radius 2 is 0.383 bits per heavy atom. The molecule has 0 bridgehead atoms. The zero-order valence-electron chi connectivity index (χ0n) is 34.1. The van der Waals surface area contributed by atoms with Gasteiger partial charge in [0.15, 0.2) is 0 Å². The molecule has 0 N–H and O–H groups in total. The Kier molecular flexibility index (Phi) is 9.36. The van der Waals surface area contributed by atoms with Crippen molar-refractivity contribution in [2.24, 2.45) is 0 Å². The SMILES string of the molecule is C1=CCC([Si]2(c3ccccc3)[Si](C3=CC=CC3)(c3ccccc3)[Si](C3=CC=CC3)(c3ccccc3)[Si](C3=CC=CC3)(c3ccccc3)[Si]2(C2=CC=CC2)c2ccccc2)=C1. The molecule has 0 aromatic heterocycles. The zero-order valence-corrected chi connectivity index (χ0v) is 39.1. The van der Waals surface area contributed by atoms with E-state index in [1.54, 1.807) is 51.9 Å². The van der Waals surface area contributed by atoms with Gasteiger partial charge in [-0.15, -0.1) is 0 Å². The summed E-state index contributed by atoms with van der Waals surface area (Å²) in [6, 6.07) is 62.5. The van der Waals surface area contributed by atoms with Crippen LogP contribution in [0.2, 0.25) is 0 Å². The maximum absolute atomic E-state index is 3.17. The highest BCUT2D eigenvalue weighted by Crippen LogP contribution is 2.64. The minimum atomic E-state index is -3.17. The smallest absolute Gasteiger partial charge is 0.0809 e. The Labute approximate surface area is 360 Å². The van der Waals surface area contributed by atoms with Crippen LogP contribution in [0.4, 0.5) is 0 Å². The van der Waals surface area contributed by atoms with E-state index in [1.807, 2.05) is 0 Å². The molecule has 290 valence electrons. The molecule has 60 heavy (non-hydrogen) atoms. The maximum Gasteiger partial charge on any atom is 0.116 e. The molecule has 0 amide bonds. The van der Waals surface area contributed by atoms with Crippen molar-refractivity contribution in [3.8, 4) is 0 Å². The van der Waals surface area contributed by atoms with Crippen LogP contribution in [0.1, 0.15) is 32.1 Å². The number of hydrogen-bond acceptors (Lipinski definition) is 0. The first-order valence-electron chi connectivity index (χ1n) is 21.9. The number of allylic oxidation sites excluding steroid dienone is 20. The normalized spacial score (nSPS) is 29.8. The summed E-state index contributed by atoms with van der Waals surface area (Å²) < 4.78 is 0. The highest BCUT2D eigenvalue weighted by Gasteiger charge is 2.95. The third-order valence-corrected chi connectivity index (χ3v) is 114. The van der Waals surface area contributed by atoms with Gasteiger partial charge in [0, 0.05) is 0 Å². The third kappa shape index (κ3) is 4.59. The van der Waals surface area contributed by atoms with E-state index in [4.69, 9.17) is 0 Å². The van der Waals surface area contributed by atoms with Crippen molar-refractivity contribution in [3.05, 3.63) is 269 Å². The second-order valence-electron chi connectivity index (χ2n) is 17.2. The van der Waals surface area contributed by atoms with Gasteiger partial charge in [0.05, 0.1) is 0 Å². The number of rotatable bonds is 10. The molecule has 5 aromatic carbocycles. The molecule has 0 atom stereocenters. The Morgan fingerprint density at radius 1 is 0.217 bits per heavy atom. The molecule has 5 aromatic rings. The predicted molar refractivity (Wildman–Crippen MR) is 268 cm³/mol. The summed E-state index contributed by atoms with van der Waals surface area (Å²) in [7, 11) is -15.9. The van der Waals surface area contributed by atoms with E-state index in [0.717, 1.165) is 32.1 Å². The molecule has 5 heteroatoms. The summed E-state index contributed by atoms with van der Waals surface area (Å²) in [5.41, 5.74) is 0. The van der Waals surface area contributed by atoms with Crippen LogP contribution in [0.3, 0.4) is 0 Å². The van der Waals surface area contributed by atoms with Gasteiger partial charge in [0.25, 0.3) is 0 Å². The topological polar surface area (TPSA) is 0 Å². The van der Waals surface area contributed by atoms with Crippen LogP contribution < -0.4 is 25.9 Å². The van der Waals surface area contributed by atoms with E-state index in [-0.39, 0.29) is 0 Å². The standard InChI is InChI=1S/C55H50Si5/c1-6-26-46(27-7-1)56(51-36-16-17-37-51)57(52-38-18-19-39-52,47-28-8-2-9-29-47)59(54-42-22-23-43-54,49-32-12-4-13-33-49)60(55-44-24-25-45-55,50-34-14-5-15-35-50)58(56,53-40-20-21-41-53)48-30-10-3-11-31-48/h1-36,38,40,42,44H,37,39,41,43,45H2. The molecular formula is C55H50Si5. The molecule has 0 nitrogen and oxygen atoms in total. The highest BCUT2D eigenvalue weighted by atomic mass is 30.2. The first-order chi connectivity index (χ1) is 29.8. The van der Waals surface area contributed by atoms with Crippen molar-refractivity contribution in [2.45, 2.75) is 32.1 Å². The molecule has 1 fully saturated rings. The van der Waals surface area contributed by atoms with Gasteiger partial charge in [0.2, 0.25) is 0 Å². The minimum absolute atomic E-state index is 1.03. The van der Waals surface area contributed by atoms with Crippen LogP contribution in [-0.4, -0.2) is 35.5 Å². The fourth-order valence-corrected chi connectivity index (χ4v) is 202. The Balaban J connectivity index is 1.59. The first kappa shape index (κ1) is 37.6. The lowest BCUT2D eigenvalue weighted by Crippen LogP contribution is -2.92. The van der Waals surface area contributed by atoms with Crippen molar-refractivity contribution in [2.75, 3.05) is 0 Å². The second-order valence-corrected chi connectivity index (χ2v) is 60.8. The Morgan fingerprint density at radius 3 is 0.517 bits per heavy atom. The summed E-state index contributed by atoms with van der Waals surface area (Å²) in [5.74, 6) is 0. The van der Waals surface area contributed by atoms with Gasteiger partial charge in [-0.2, -0.15) is 0 Å². The van der Waals surface area contributed by atoms with E-state index in [9.17, 15) is 0 Å². The van der Waals surface area contributed by atoms with Crippen LogP contribution >= 0.6 is 0 Å². The van der Waals surface area contributed by atoms with E-state index in [0.29, 0.717) is 0 Å². The quantitative estimate of drug-likeness (QED) is 0.123. The van der Waals surface area contributed by atoms with Gasteiger partial charge < -0.3 is 0 Å². The fourth-order valence-electron chi connectivity index (χ4n) is 14.0. The second kappa shape index (κ2) is 14.9. The summed E-state index contributed by atoms with van der Waals surface area (Å²) in [4.78, 5) is 0. The minimum Gasteiger partial charge on any atom is -0.0809 e. The van der Waals surface area contributed by atoms with Gasteiger partial charge >= 0.3 is 0 Å².